The van der Waals surface area contributed by atoms with Gasteiger partial charge in [-0.2, -0.15) is 8.71 Å². The highest BCUT2D eigenvalue weighted by atomic mass is 31.3. The Hall–Kier alpha value is 0.400. The standard InChI is InChI=1S/C2H6F5N5P4/c1-12(2)16(7)9-13-8-14(3,4)10-15(5,6)11-16/h1-2H3. The first-order valence-corrected chi connectivity index (χ1v) is 8.83. The van der Waals surface area contributed by atoms with E-state index in [4.69, 9.17) is 0 Å². The highest BCUT2D eigenvalue weighted by Gasteiger charge is 2.34. The molecule has 16 heavy (non-hydrogen) atoms. The van der Waals surface area contributed by atoms with Gasteiger partial charge in [0.15, 0.2) is 8.52 Å². The molecular weight excluding hydrogens is 313 g/mol. The van der Waals surface area contributed by atoms with Crippen molar-refractivity contribution in [2.24, 2.45) is 18.1 Å². The summed E-state index contributed by atoms with van der Waals surface area (Å²) in [5.74, 6) is 0. The van der Waals surface area contributed by atoms with Crippen molar-refractivity contribution in [1.29, 1.82) is 0 Å². The fourth-order valence-electron chi connectivity index (χ4n) is 0.597. The maximum atomic E-state index is 13.8. The molecular formula is C2H6F5N5P4. The lowest BCUT2D eigenvalue weighted by Gasteiger charge is -2.17. The third kappa shape index (κ3) is 3.71. The van der Waals surface area contributed by atoms with Gasteiger partial charge in [0, 0.05) is 0 Å². The summed E-state index contributed by atoms with van der Waals surface area (Å²) in [5.41, 5.74) is 0. The molecule has 0 spiro atoms. The molecule has 0 aromatic carbocycles. The van der Waals surface area contributed by atoms with Crippen LogP contribution in [-0.4, -0.2) is 18.8 Å². The smallest absolute Gasteiger partial charge is 0.232 e. The molecule has 1 heterocycles. The van der Waals surface area contributed by atoms with Crippen LogP contribution in [0.2, 0.25) is 0 Å². The number of halogens is 5. The SMILES string of the molecule is CN(C)P1(F)=NP(F)(F)=NP(F)(F)=NP=N1. The summed E-state index contributed by atoms with van der Waals surface area (Å²) >= 11 is 0. The Bertz CT molecular complexity index is 469. The average molecular weight is 319 g/mol. The van der Waals surface area contributed by atoms with E-state index in [9.17, 15) is 21.0 Å². The summed E-state index contributed by atoms with van der Waals surface area (Å²) in [5, 5.41) is 0. The fraction of sp³-hybridized carbons (Fsp3) is 1.00. The van der Waals surface area contributed by atoms with Crippen LogP contribution in [0.3, 0.4) is 0 Å². The van der Waals surface area contributed by atoms with Crippen LogP contribution in [0.15, 0.2) is 18.1 Å². The molecule has 1 aliphatic rings. The molecule has 0 aliphatic carbocycles. The molecule has 0 aromatic rings. The number of hydrogen-bond donors (Lipinski definition) is 0. The minimum Gasteiger partial charge on any atom is -0.232 e. The maximum Gasteiger partial charge on any atom is 0.426 e. The van der Waals surface area contributed by atoms with Gasteiger partial charge in [-0.15, -0.1) is 30.3 Å². The van der Waals surface area contributed by atoms with Crippen molar-refractivity contribution >= 4 is 31.8 Å². The van der Waals surface area contributed by atoms with E-state index in [1.165, 1.54) is 0 Å². The summed E-state index contributed by atoms with van der Waals surface area (Å²) in [6.07, 6.45) is 0. The third-order valence-corrected chi connectivity index (χ3v) is 8.17. The van der Waals surface area contributed by atoms with Crippen LogP contribution < -0.4 is 0 Å². The van der Waals surface area contributed by atoms with E-state index in [-0.39, 0.29) is 0 Å². The molecule has 94 valence electrons. The summed E-state index contributed by atoms with van der Waals surface area (Å²) in [7, 11) is -13.8. The van der Waals surface area contributed by atoms with Crippen LogP contribution in [0.5, 0.6) is 0 Å². The van der Waals surface area contributed by atoms with Gasteiger partial charge in [0.05, 0.1) is 0 Å². The predicted octanol–water partition coefficient (Wildman–Crippen LogP) is 6.29. The van der Waals surface area contributed by atoms with Crippen LogP contribution in [0.25, 0.3) is 0 Å². The minimum absolute atomic E-state index is 0.654. The Kier molecular flexibility index (Phi) is 4.14. The van der Waals surface area contributed by atoms with Crippen molar-refractivity contribution in [1.82, 2.24) is 4.67 Å². The Morgan fingerprint density at radius 3 is 2.00 bits per heavy atom. The molecule has 14 heteroatoms. The second-order valence-corrected chi connectivity index (χ2v) is 9.36. The Morgan fingerprint density at radius 1 is 0.938 bits per heavy atom. The van der Waals surface area contributed by atoms with Crippen molar-refractivity contribution < 1.29 is 21.0 Å². The van der Waals surface area contributed by atoms with Crippen molar-refractivity contribution in [3.63, 3.8) is 0 Å². The number of nitrogens with zero attached hydrogens (tertiary/aromatic N) is 5. The lowest BCUT2D eigenvalue weighted by molar-refractivity contribution is 0.609. The molecule has 5 nitrogen and oxygen atoms in total. The van der Waals surface area contributed by atoms with E-state index in [0.717, 1.165) is 18.8 Å². The molecule has 0 radical (unpaired) electrons. The van der Waals surface area contributed by atoms with Gasteiger partial charge in [-0.25, -0.2) is 4.67 Å². The lowest BCUT2D eigenvalue weighted by Crippen LogP contribution is -2.02. The molecule has 1 unspecified atom stereocenters. The number of rotatable bonds is 1. The van der Waals surface area contributed by atoms with Crippen molar-refractivity contribution in [2.45, 2.75) is 0 Å². The molecule has 0 bridgehead atoms. The van der Waals surface area contributed by atoms with Crippen molar-refractivity contribution in [3.8, 4) is 0 Å². The van der Waals surface area contributed by atoms with Crippen LogP contribution in [0.1, 0.15) is 0 Å². The zero-order valence-electron chi connectivity index (χ0n) is 7.91. The zero-order valence-corrected chi connectivity index (χ0v) is 11.5. The molecule has 0 N–H and O–H groups in total. The van der Waals surface area contributed by atoms with E-state index in [1.54, 1.807) is 0 Å². The lowest BCUT2D eigenvalue weighted by atomic mass is 11.3. The van der Waals surface area contributed by atoms with Gasteiger partial charge in [0.25, 0.3) is 0 Å². The second-order valence-electron chi connectivity index (χ2n) is 2.70. The topological polar surface area (TPSA) is 52.7 Å². The van der Waals surface area contributed by atoms with E-state index in [2.05, 4.69) is 13.5 Å². The quantitative estimate of drug-likeness (QED) is 0.414. The van der Waals surface area contributed by atoms with Gasteiger partial charge in [0.1, 0.15) is 0 Å². The molecule has 0 saturated carbocycles. The highest BCUT2D eigenvalue weighted by Crippen LogP contribution is 2.76. The fourth-order valence-corrected chi connectivity index (χ4v) is 6.66. The second kappa shape index (κ2) is 4.58. The van der Waals surface area contributed by atoms with Crippen LogP contribution >= 0.6 is 31.8 Å². The van der Waals surface area contributed by atoms with Crippen LogP contribution in [0.4, 0.5) is 21.0 Å². The highest BCUT2D eigenvalue weighted by molar-refractivity contribution is 7.74. The van der Waals surface area contributed by atoms with E-state index >= 15 is 0 Å². The monoisotopic (exact) mass is 319 g/mol. The molecule has 1 atom stereocenters. The Morgan fingerprint density at radius 2 is 1.50 bits per heavy atom. The zero-order chi connectivity index (χ0) is 12.6. The molecule has 0 aromatic heterocycles. The largest absolute Gasteiger partial charge is 0.426 e. The average Bonchev–Trinajstić information content (AvgIpc) is 1.97. The van der Waals surface area contributed by atoms with Gasteiger partial charge in [-0.05, 0) is 14.1 Å². The minimum atomic E-state index is -5.71. The van der Waals surface area contributed by atoms with Crippen LogP contribution in [-0.2, 0) is 0 Å². The predicted molar refractivity (Wildman–Crippen MR) is 56.6 cm³/mol. The summed E-state index contributed by atoms with van der Waals surface area (Å²) in [6, 6.07) is 0. The molecule has 0 amide bonds. The number of hydrogen-bond acceptors (Lipinski definition) is 5. The molecule has 0 fully saturated rings. The van der Waals surface area contributed by atoms with Crippen LogP contribution in [0, 0.1) is 0 Å². The first kappa shape index (κ1) is 14.5. The van der Waals surface area contributed by atoms with Gasteiger partial charge in [0.2, 0.25) is 0 Å². The summed E-state index contributed by atoms with van der Waals surface area (Å²) in [4.78, 5) is 0. The van der Waals surface area contributed by atoms with Gasteiger partial charge < -0.3 is 0 Å². The molecule has 0 saturated heterocycles. The van der Waals surface area contributed by atoms with Crippen molar-refractivity contribution in [2.75, 3.05) is 14.1 Å². The summed E-state index contributed by atoms with van der Waals surface area (Å²) in [6.45, 7) is 0. The van der Waals surface area contributed by atoms with Crippen molar-refractivity contribution in [3.05, 3.63) is 0 Å². The van der Waals surface area contributed by atoms with E-state index < -0.39 is 31.8 Å². The van der Waals surface area contributed by atoms with Gasteiger partial charge in [-0.1, -0.05) is 0 Å². The van der Waals surface area contributed by atoms with E-state index in [0.29, 0.717) is 0 Å². The first-order chi connectivity index (χ1) is 7.06. The molecule has 1 rings (SSSR count). The first-order valence-electron chi connectivity index (χ1n) is 3.54. The van der Waals surface area contributed by atoms with Gasteiger partial charge in [-0.3, -0.25) is 0 Å². The van der Waals surface area contributed by atoms with Gasteiger partial charge >= 0.3 is 23.3 Å². The maximum absolute atomic E-state index is 13.8. The van der Waals surface area contributed by atoms with E-state index in [1.807, 2.05) is 4.52 Å². The third-order valence-electron chi connectivity index (χ3n) is 1.25. The Balaban J connectivity index is 3.47. The normalized spacial score (nSPS) is 33.0. The molecule has 1 aliphatic heterocycles. The Labute approximate surface area is 90.4 Å². The summed E-state index contributed by atoms with van der Waals surface area (Å²) < 4.78 is 75.9.